The topological polar surface area (TPSA) is 17.1 Å². The van der Waals surface area contributed by atoms with Crippen LogP contribution < -0.4 is 0 Å². The van der Waals surface area contributed by atoms with Crippen molar-refractivity contribution < 1.29 is 4.79 Å². The van der Waals surface area contributed by atoms with Crippen molar-refractivity contribution in [2.24, 2.45) is 0 Å². The number of rotatable bonds is 0. The first kappa shape index (κ1) is 10.8. The summed E-state index contributed by atoms with van der Waals surface area (Å²) in [7, 11) is 0. The Labute approximate surface area is 109 Å². The fourth-order valence-electron chi connectivity index (χ4n) is 2.25. The number of carbonyl (C=O) groups is 1. The van der Waals surface area contributed by atoms with Crippen molar-refractivity contribution in [3.8, 4) is 0 Å². The van der Waals surface area contributed by atoms with Crippen molar-refractivity contribution in [2.45, 2.75) is 6.92 Å². The predicted molar refractivity (Wildman–Crippen MR) is 71.9 cm³/mol. The highest BCUT2D eigenvalue weighted by atomic mass is 35.5. The molecule has 2 aromatic rings. The molecule has 0 spiro atoms. The van der Waals surface area contributed by atoms with Crippen molar-refractivity contribution in [3.05, 3.63) is 52.1 Å². The second-order valence-corrected chi connectivity index (χ2v) is 4.93. The summed E-state index contributed by atoms with van der Waals surface area (Å²) >= 11 is 12.3. The van der Waals surface area contributed by atoms with E-state index in [4.69, 9.17) is 23.2 Å². The van der Waals surface area contributed by atoms with Crippen LogP contribution in [0.15, 0.2) is 30.3 Å². The maximum atomic E-state index is 11.9. The Morgan fingerprint density at radius 1 is 1.12 bits per heavy atom. The molecule has 2 aromatic carbocycles. The summed E-state index contributed by atoms with van der Waals surface area (Å²) in [4.78, 5) is 11.9. The fraction of sp³-hybridized carbons (Fsp3) is 0.0714. The molecule has 0 fully saturated rings. The molecule has 0 unspecified atom stereocenters. The quantitative estimate of drug-likeness (QED) is 0.680. The van der Waals surface area contributed by atoms with Crippen LogP contribution in [0.25, 0.3) is 15.8 Å². The van der Waals surface area contributed by atoms with Gasteiger partial charge < -0.3 is 0 Å². The van der Waals surface area contributed by atoms with Crippen LogP contribution in [0.4, 0.5) is 0 Å². The molecule has 0 saturated heterocycles. The molecule has 3 rings (SSSR count). The maximum Gasteiger partial charge on any atom is 0.188 e. The molecule has 0 atom stereocenters. The van der Waals surface area contributed by atoms with E-state index in [9.17, 15) is 4.79 Å². The third kappa shape index (κ3) is 1.43. The van der Waals surface area contributed by atoms with Crippen LogP contribution in [0.5, 0.6) is 0 Å². The number of allylic oxidation sites excluding steroid dienone is 1. The zero-order chi connectivity index (χ0) is 12.2. The van der Waals surface area contributed by atoms with Crippen LogP contribution >= 0.6 is 23.2 Å². The normalized spacial score (nSPS) is 14.1. The monoisotopic (exact) mass is 262 g/mol. The minimum atomic E-state index is -0.0828. The van der Waals surface area contributed by atoms with Crippen LogP contribution in [-0.4, -0.2) is 5.78 Å². The molecule has 3 heteroatoms. The van der Waals surface area contributed by atoms with E-state index in [-0.39, 0.29) is 5.78 Å². The van der Waals surface area contributed by atoms with Crippen LogP contribution in [0, 0.1) is 6.92 Å². The van der Waals surface area contributed by atoms with E-state index < -0.39 is 0 Å². The molecule has 1 aliphatic carbocycles. The lowest BCUT2D eigenvalue weighted by molar-refractivity contribution is 0.104. The highest BCUT2D eigenvalue weighted by Gasteiger charge is 2.21. The molecule has 0 N–H and O–H groups in total. The smallest absolute Gasteiger partial charge is 0.188 e. The molecule has 1 aliphatic rings. The largest absolute Gasteiger partial charge is 0.289 e. The number of halogens is 2. The average Bonchev–Trinajstić information content (AvgIpc) is 2.31. The van der Waals surface area contributed by atoms with E-state index in [2.05, 4.69) is 0 Å². The van der Waals surface area contributed by atoms with Gasteiger partial charge in [-0.25, -0.2) is 0 Å². The summed E-state index contributed by atoms with van der Waals surface area (Å²) in [5.74, 6) is -0.0828. The van der Waals surface area contributed by atoms with Crippen LogP contribution in [0.2, 0.25) is 5.02 Å². The van der Waals surface area contributed by atoms with Gasteiger partial charge in [0.15, 0.2) is 5.78 Å². The van der Waals surface area contributed by atoms with Gasteiger partial charge in [-0.1, -0.05) is 41.4 Å². The van der Waals surface area contributed by atoms with Gasteiger partial charge in [-0.15, -0.1) is 0 Å². The molecule has 17 heavy (non-hydrogen) atoms. The van der Waals surface area contributed by atoms with Gasteiger partial charge in [-0.3, -0.25) is 4.79 Å². The van der Waals surface area contributed by atoms with E-state index in [1.807, 2.05) is 25.1 Å². The average molecular weight is 263 g/mol. The SMILES string of the molecule is Cc1c(Cl)cc2c3c(cccc13)C(Cl)=CC2=O. The summed E-state index contributed by atoms with van der Waals surface area (Å²) in [6, 6.07) is 7.54. The van der Waals surface area contributed by atoms with Gasteiger partial charge in [0.25, 0.3) is 0 Å². The first-order valence-electron chi connectivity index (χ1n) is 5.23. The Morgan fingerprint density at radius 3 is 2.65 bits per heavy atom. The van der Waals surface area contributed by atoms with Gasteiger partial charge in [-0.2, -0.15) is 0 Å². The Morgan fingerprint density at radius 2 is 1.88 bits per heavy atom. The number of benzene rings is 2. The first-order chi connectivity index (χ1) is 8.09. The predicted octanol–water partition coefficient (Wildman–Crippen LogP) is 4.58. The lowest BCUT2D eigenvalue weighted by Crippen LogP contribution is -2.04. The lowest BCUT2D eigenvalue weighted by atomic mass is 9.90. The van der Waals surface area contributed by atoms with E-state index in [0.29, 0.717) is 15.6 Å². The van der Waals surface area contributed by atoms with Gasteiger partial charge >= 0.3 is 0 Å². The molecule has 0 saturated carbocycles. The van der Waals surface area contributed by atoms with Crippen LogP contribution in [-0.2, 0) is 0 Å². The number of ketones is 1. The van der Waals surface area contributed by atoms with Gasteiger partial charge in [0, 0.05) is 27.6 Å². The first-order valence-corrected chi connectivity index (χ1v) is 5.99. The summed E-state index contributed by atoms with van der Waals surface area (Å²) in [5.41, 5.74) is 2.51. The number of aryl methyl sites for hydroxylation is 1. The number of hydrogen-bond acceptors (Lipinski definition) is 1. The molecular weight excluding hydrogens is 255 g/mol. The summed E-state index contributed by atoms with van der Waals surface area (Å²) in [6.45, 7) is 1.95. The Hall–Kier alpha value is -1.31. The lowest BCUT2D eigenvalue weighted by Gasteiger charge is -2.16. The Balaban J connectivity index is 2.60. The van der Waals surface area contributed by atoms with Crippen molar-refractivity contribution in [2.75, 3.05) is 0 Å². The van der Waals surface area contributed by atoms with Crippen molar-refractivity contribution in [1.29, 1.82) is 0 Å². The standard InChI is InChI=1S/C14H8Cl2O/c1-7-8-3-2-4-9-12(16)6-13(17)10(14(8)9)5-11(7)15/h2-6H,1H3. The maximum absolute atomic E-state index is 11.9. The minimum absolute atomic E-state index is 0.0828. The summed E-state index contributed by atoms with van der Waals surface area (Å²) < 4.78 is 0. The van der Waals surface area contributed by atoms with Gasteiger partial charge in [-0.05, 0) is 23.9 Å². The van der Waals surface area contributed by atoms with E-state index in [0.717, 1.165) is 21.9 Å². The Bertz CT molecular complexity index is 699. The minimum Gasteiger partial charge on any atom is -0.289 e. The number of hydrogen-bond donors (Lipinski definition) is 0. The third-order valence-electron chi connectivity index (χ3n) is 3.15. The molecule has 0 aliphatic heterocycles. The van der Waals surface area contributed by atoms with Gasteiger partial charge in [0.05, 0.1) is 5.03 Å². The summed E-state index contributed by atoms with van der Waals surface area (Å²) in [6.07, 6.45) is 1.45. The Kier molecular flexibility index (Phi) is 2.29. The van der Waals surface area contributed by atoms with E-state index >= 15 is 0 Å². The zero-order valence-electron chi connectivity index (χ0n) is 9.05. The second-order valence-electron chi connectivity index (χ2n) is 4.12. The number of carbonyl (C=O) groups excluding carboxylic acids is 1. The highest BCUT2D eigenvalue weighted by Crippen LogP contribution is 2.38. The zero-order valence-corrected chi connectivity index (χ0v) is 10.6. The molecule has 0 heterocycles. The van der Waals surface area contributed by atoms with Crippen LogP contribution in [0.1, 0.15) is 21.5 Å². The fourth-order valence-corrected chi connectivity index (χ4v) is 2.72. The second kappa shape index (κ2) is 3.59. The van der Waals surface area contributed by atoms with E-state index in [1.54, 1.807) is 6.07 Å². The molecule has 84 valence electrons. The van der Waals surface area contributed by atoms with Gasteiger partial charge in [0.1, 0.15) is 0 Å². The molecular formula is C14H8Cl2O. The summed E-state index contributed by atoms with van der Waals surface area (Å²) in [5, 5.41) is 3.01. The van der Waals surface area contributed by atoms with Crippen molar-refractivity contribution >= 4 is 44.8 Å². The van der Waals surface area contributed by atoms with Crippen LogP contribution in [0.3, 0.4) is 0 Å². The van der Waals surface area contributed by atoms with Crippen molar-refractivity contribution in [1.82, 2.24) is 0 Å². The van der Waals surface area contributed by atoms with Crippen molar-refractivity contribution in [3.63, 3.8) is 0 Å². The molecule has 0 amide bonds. The van der Waals surface area contributed by atoms with Gasteiger partial charge in [0.2, 0.25) is 0 Å². The molecule has 0 radical (unpaired) electrons. The molecule has 0 aromatic heterocycles. The third-order valence-corrected chi connectivity index (χ3v) is 3.85. The molecule has 1 nitrogen and oxygen atoms in total. The van der Waals surface area contributed by atoms with E-state index in [1.165, 1.54) is 6.08 Å². The highest BCUT2D eigenvalue weighted by molar-refractivity contribution is 6.53. The molecule has 0 bridgehead atoms.